The predicted molar refractivity (Wildman–Crippen MR) is 116 cm³/mol. The van der Waals surface area contributed by atoms with Crippen molar-refractivity contribution in [3.63, 3.8) is 0 Å². The summed E-state index contributed by atoms with van der Waals surface area (Å²) < 4.78 is 1.60. The van der Waals surface area contributed by atoms with Gasteiger partial charge in [-0.25, -0.2) is 4.98 Å². The molecule has 7 heteroatoms. The normalized spacial score (nSPS) is 11.8. The molecule has 0 spiro atoms. The molecule has 3 aromatic rings. The first-order valence-electron chi connectivity index (χ1n) is 9.46. The van der Waals surface area contributed by atoms with Crippen molar-refractivity contribution in [2.75, 3.05) is 11.4 Å². The minimum atomic E-state index is -0.472. The molecular formula is C22H22N4O2S. The van der Waals surface area contributed by atoms with Crippen LogP contribution in [0.3, 0.4) is 0 Å². The lowest BCUT2D eigenvalue weighted by molar-refractivity contribution is -0.117. The Kier molecular flexibility index (Phi) is 6.68. The fourth-order valence-corrected chi connectivity index (χ4v) is 4.12. The molecule has 0 aliphatic rings. The van der Waals surface area contributed by atoms with Crippen LogP contribution < -0.4 is 10.5 Å². The lowest BCUT2D eigenvalue weighted by atomic mass is 10.2. The quantitative estimate of drug-likeness (QED) is 0.440. The number of fused-ring (bicyclic) bond motifs is 1. The number of benzene rings is 2. The van der Waals surface area contributed by atoms with Crippen LogP contribution in [0.15, 0.2) is 64.5 Å². The average Bonchev–Trinajstić information content (AvgIpc) is 2.75. The fourth-order valence-electron chi connectivity index (χ4n) is 3.08. The topological polar surface area (TPSA) is 79.0 Å². The maximum atomic E-state index is 13.2. The Morgan fingerprint density at radius 3 is 2.59 bits per heavy atom. The molecule has 0 aliphatic heterocycles. The maximum Gasteiger partial charge on any atom is 0.262 e. The third-order valence-corrected chi connectivity index (χ3v) is 5.63. The first-order chi connectivity index (χ1) is 14.1. The molecule has 0 bridgehead atoms. The molecule has 0 fully saturated rings. The minimum Gasteiger partial charge on any atom is -0.310 e. The molecule has 0 aliphatic carbocycles. The fraction of sp³-hybridized carbons (Fsp3) is 0.273. The molecule has 6 nitrogen and oxygen atoms in total. The molecule has 1 amide bonds. The van der Waals surface area contributed by atoms with Crippen LogP contribution in [0.25, 0.3) is 10.9 Å². The Bertz CT molecular complexity index is 1110. The Morgan fingerprint density at radius 2 is 1.90 bits per heavy atom. The van der Waals surface area contributed by atoms with Gasteiger partial charge in [-0.1, -0.05) is 42.1 Å². The van der Waals surface area contributed by atoms with E-state index in [9.17, 15) is 9.59 Å². The summed E-state index contributed by atoms with van der Waals surface area (Å²) in [5.74, 6) is -0.124. The number of anilines is 1. The van der Waals surface area contributed by atoms with Crippen LogP contribution in [0, 0.1) is 11.3 Å². The highest BCUT2D eigenvalue weighted by Crippen LogP contribution is 2.26. The van der Waals surface area contributed by atoms with Crippen LogP contribution in [-0.2, 0) is 11.3 Å². The summed E-state index contributed by atoms with van der Waals surface area (Å²) in [6.45, 7) is 4.47. The maximum absolute atomic E-state index is 13.2. The van der Waals surface area contributed by atoms with Crippen LogP contribution in [0.2, 0.25) is 0 Å². The molecule has 0 saturated carbocycles. The Labute approximate surface area is 173 Å². The second-order valence-electron chi connectivity index (χ2n) is 6.45. The lowest BCUT2D eigenvalue weighted by Gasteiger charge is -2.25. The Hall–Kier alpha value is -3.11. The molecule has 0 N–H and O–H groups in total. The molecule has 0 saturated heterocycles. The van der Waals surface area contributed by atoms with E-state index in [1.165, 1.54) is 11.8 Å². The van der Waals surface area contributed by atoms with Gasteiger partial charge in [0.25, 0.3) is 5.56 Å². The summed E-state index contributed by atoms with van der Waals surface area (Å²) in [6.07, 6.45) is 0.242. The van der Waals surface area contributed by atoms with E-state index in [1.54, 1.807) is 28.5 Å². The van der Waals surface area contributed by atoms with E-state index in [0.717, 1.165) is 5.69 Å². The number of carbonyl (C=O) groups is 1. The van der Waals surface area contributed by atoms with Gasteiger partial charge in [-0.3, -0.25) is 14.2 Å². The number of nitrogens with zero attached hydrogens (tertiary/aromatic N) is 4. The molecule has 3 rings (SSSR count). The third kappa shape index (κ3) is 4.49. The summed E-state index contributed by atoms with van der Waals surface area (Å²) in [7, 11) is 0. The van der Waals surface area contributed by atoms with Crippen LogP contribution in [0.5, 0.6) is 0 Å². The van der Waals surface area contributed by atoms with E-state index in [1.807, 2.05) is 49.4 Å². The Morgan fingerprint density at radius 1 is 1.21 bits per heavy atom. The number of aromatic nitrogens is 2. The van der Waals surface area contributed by atoms with Gasteiger partial charge in [0.1, 0.15) is 0 Å². The zero-order valence-corrected chi connectivity index (χ0v) is 17.2. The van der Waals surface area contributed by atoms with Gasteiger partial charge >= 0.3 is 0 Å². The molecule has 1 aromatic heterocycles. The third-order valence-electron chi connectivity index (χ3n) is 4.55. The monoisotopic (exact) mass is 406 g/mol. The molecule has 0 radical (unpaired) electrons. The number of para-hydroxylation sites is 2. The van der Waals surface area contributed by atoms with Gasteiger partial charge in [0.2, 0.25) is 5.91 Å². The summed E-state index contributed by atoms with van der Waals surface area (Å²) in [5.41, 5.74) is 1.26. The number of amides is 1. The molecule has 29 heavy (non-hydrogen) atoms. The number of rotatable bonds is 7. The van der Waals surface area contributed by atoms with Gasteiger partial charge in [-0.15, -0.1) is 0 Å². The van der Waals surface area contributed by atoms with Crippen LogP contribution in [-0.4, -0.2) is 27.3 Å². The standard InChI is InChI=1S/C22H22N4O2S/c1-3-25-21(28)18-12-7-8-13-19(18)24-22(25)29-16(2)20(27)26(15-9-14-23)17-10-5-4-6-11-17/h4-8,10-13,16H,3,9,15H2,1-2H3. The minimum absolute atomic E-state index is 0.107. The van der Waals surface area contributed by atoms with Crippen molar-refractivity contribution in [1.82, 2.24) is 9.55 Å². The number of carbonyl (C=O) groups excluding carboxylic acids is 1. The van der Waals surface area contributed by atoms with Crippen molar-refractivity contribution >= 4 is 34.3 Å². The lowest BCUT2D eigenvalue weighted by Crippen LogP contribution is -2.37. The molecular weight excluding hydrogens is 384 g/mol. The number of hydrogen-bond donors (Lipinski definition) is 0. The summed E-state index contributed by atoms with van der Waals surface area (Å²) in [5, 5.41) is 9.59. The summed E-state index contributed by atoms with van der Waals surface area (Å²) in [6, 6.07) is 18.6. The van der Waals surface area contributed by atoms with Crippen molar-refractivity contribution in [1.29, 1.82) is 5.26 Å². The van der Waals surface area contributed by atoms with Gasteiger partial charge in [0.15, 0.2) is 5.16 Å². The SMILES string of the molecule is CCn1c(SC(C)C(=O)N(CCC#N)c2ccccc2)nc2ccccc2c1=O. The van der Waals surface area contributed by atoms with E-state index in [4.69, 9.17) is 5.26 Å². The smallest absolute Gasteiger partial charge is 0.262 e. The largest absolute Gasteiger partial charge is 0.310 e. The zero-order valence-electron chi connectivity index (χ0n) is 16.4. The van der Waals surface area contributed by atoms with Gasteiger partial charge < -0.3 is 4.90 Å². The highest BCUT2D eigenvalue weighted by molar-refractivity contribution is 8.00. The molecule has 1 unspecified atom stereocenters. The van der Waals surface area contributed by atoms with E-state index in [-0.39, 0.29) is 17.9 Å². The van der Waals surface area contributed by atoms with Crippen molar-refractivity contribution < 1.29 is 4.79 Å². The second-order valence-corrected chi connectivity index (χ2v) is 7.76. The molecule has 1 heterocycles. The predicted octanol–water partition coefficient (Wildman–Crippen LogP) is 3.84. The van der Waals surface area contributed by atoms with Crippen LogP contribution in [0.1, 0.15) is 20.3 Å². The first kappa shape index (κ1) is 20.6. The van der Waals surface area contributed by atoms with E-state index in [0.29, 0.717) is 29.1 Å². The number of thioether (sulfide) groups is 1. The Balaban J connectivity index is 1.92. The van der Waals surface area contributed by atoms with Crippen molar-refractivity contribution in [3.8, 4) is 6.07 Å². The van der Waals surface area contributed by atoms with Gasteiger partial charge in [0.05, 0.1) is 28.6 Å². The number of hydrogen-bond acceptors (Lipinski definition) is 5. The summed E-state index contributed by atoms with van der Waals surface area (Å²) in [4.78, 5) is 32.2. The van der Waals surface area contributed by atoms with Crippen molar-refractivity contribution in [2.45, 2.75) is 37.2 Å². The van der Waals surface area contributed by atoms with Crippen molar-refractivity contribution in [3.05, 3.63) is 65.0 Å². The highest BCUT2D eigenvalue weighted by Gasteiger charge is 2.24. The summed E-state index contributed by atoms with van der Waals surface area (Å²) >= 11 is 1.27. The average molecular weight is 407 g/mol. The first-order valence-corrected chi connectivity index (χ1v) is 10.3. The van der Waals surface area contributed by atoms with Gasteiger partial charge in [-0.05, 0) is 38.1 Å². The van der Waals surface area contributed by atoms with Crippen molar-refractivity contribution in [2.24, 2.45) is 0 Å². The zero-order chi connectivity index (χ0) is 20.8. The molecule has 148 valence electrons. The van der Waals surface area contributed by atoms with E-state index < -0.39 is 5.25 Å². The molecule has 1 atom stereocenters. The van der Waals surface area contributed by atoms with E-state index >= 15 is 0 Å². The van der Waals surface area contributed by atoms with Crippen LogP contribution in [0.4, 0.5) is 5.69 Å². The highest BCUT2D eigenvalue weighted by atomic mass is 32.2. The van der Waals surface area contributed by atoms with Gasteiger partial charge in [0, 0.05) is 18.8 Å². The number of nitriles is 1. The second kappa shape index (κ2) is 9.39. The molecule has 2 aromatic carbocycles. The van der Waals surface area contributed by atoms with E-state index in [2.05, 4.69) is 11.1 Å². The van der Waals surface area contributed by atoms with Crippen LogP contribution >= 0.6 is 11.8 Å². The van der Waals surface area contributed by atoms with Gasteiger partial charge in [-0.2, -0.15) is 5.26 Å².